The van der Waals surface area contributed by atoms with Crippen molar-refractivity contribution in [1.29, 1.82) is 0 Å². The summed E-state index contributed by atoms with van der Waals surface area (Å²) in [4.78, 5) is 68.8. The van der Waals surface area contributed by atoms with Gasteiger partial charge in [-0.05, 0) is 54.1 Å². The van der Waals surface area contributed by atoms with E-state index in [1.54, 1.807) is 34.6 Å². The smallest absolute Gasteiger partial charge is 0.408 e. The van der Waals surface area contributed by atoms with Gasteiger partial charge in [0, 0.05) is 30.2 Å². The van der Waals surface area contributed by atoms with Gasteiger partial charge in [0.05, 0.1) is 12.1 Å². The number of alkyl carbamates (subject to hydrolysis) is 1. The summed E-state index contributed by atoms with van der Waals surface area (Å²) >= 11 is 0. The molecule has 256 valence electrons. The fourth-order valence-electron chi connectivity index (χ4n) is 6.88. The maximum absolute atomic E-state index is 14.0. The molecule has 0 aromatic rings. The van der Waals surface area contributed by atoms with Gasteiger partial charge >= 0.3 is 18.0 Å². The second-order valence-corrected chi connectivity index (χ2v) is 13.2. The molecule has 14 heteroatoms. The average Bonchev–Trinajstić information content (AvgIpc) is 3.29. The number of ether oxygens (including phenoxy) is 5. The zero-order valence-electron chi connectivity index (χ0n) is 28.0. The minimum absolute atomic E-state index is 0.00454. The van der Waals surface area contributed by atoms with Gasteiger partial charge in [-0.15, -0.1) is 0 Å². The Balaban J connectivity index is 2.09. The molecule has 1 unspecified atom stereocenters. The van der Waals surface area contributed by atoms with Crippen molar-refractivity contribution in [3.05, 3.63) is 0 Å². The molecule has 45 heavy (non-hydrogen) atoms. The molecule has 4 N–H and O–H groups in total. The molecule has 0 aliphatic carbocycles. The molecule has 0 spiro atoms. The number of esters is 2. The monoisotopic (exact) mass is 640 g/mol. The number of carbonyl (C=O) groups excluding carboxylic acids is 5. The molecule has 12 atom stereocenters. The van der Waals surface area contributed by atoms with Crippen molar-refractivity contribution in [2.75, 3.05) is 20.6 Å². The number of rotatable bonds is 7. The van der Waals surface area contributed by atoms with Gasteiger partial charge in [-0.1, -0.05) is 27.7 Å². The standard InChI is InChI=1S/C31H52N4O10/c1-10-22-31(7)28(34-30(40)45-31)18(5)25(37)15(2)11-21(42-23(36)14-33-32)27(17(4)26(38)19(6)29(39)43-22)44-24-13-20(35(8)9)12-16(3)41-24/h15-22,24,27-28,33H,10-14,32H2,1-9H3,(H,34,40)/t15-,16-,17+,18+,19-,20+,21?,22-,24+,27-,28-,31-/m1/s1. The molecule has 3 saturated heterocycles. The summed E-state index contributed by atoms with van der Waals surface area (Å²) < 4.78 is 30.0. The average molecular weight is 641 g/mol. The van der Waals surface area contributed by atoms with Crippen LogP contribution in [0.4, 0.5) is 4.79 Å². The van der Waals surface area contributed by atoms with Crippen LogP contribution >= 0.6 is 0 Å². The van der Waals surface area contributed by atoms with Crippen LogP contribution in [-0.2, 0) is 42.9 Å². The van der Waals surface area contributed by atoms with Gasteiger partial charge in [0.2, 0.25) is 0 Å². The predicted octanol–water partition coefficient (Wildman–Crippen LogP) is 1.48. The van der Waals surface area contributed by atoms with Crippen molar-refractivity contribution in [3.8, 4) is 0 Å². The van der Waals surface area contributed by atoms with Crippen molar-refractivity contribution in [3.63, 3.8) is 0 Å². The van der Waals surface area contributed by atoms with Gasteiger partial charge in [0.1, 0.15) is 36.6 Å². The van der Waals surface area contributed by atoms with Crippen molar-refractivity contribution in [2.24, 2.45) is 29.5 Å². The van der Waals surface area contributed by atoms with Gasteiger partial charge in [-0.3, -0.25) is 25.0 Å². The number of cyclic esters (lactones) is 1. The highest BCUT2D eigenvalue weighted by Gasteiger charge is 2.56. The second kappa shape index (κ2) is 15.3. The van der Waals surface area contributed by atoms with E-state index >= 15 is 0 Å². The van der Waals surface area contributed by atoms with Gasteiger partial charge < -0.3 is 33.9 Å². The molecule has 3 aliphatic heterocycles. The Morgan fingerprint density at radius 2 is 1.71 bits per heavy atom. The first-order valence-corrected chi connectivity index (χ1v) is 15.9. The molecule has 3 aliphatic rings. The number of amides is 1. The molecule has 3 heterocycles. The normalized spacial score (nSPS) is 40.2. The van der Waals surface area contributed by atoms with Gasteiger partial charge in [0.15, 0.2) is 17.7 Å². The molecular formula is C31H52N4O10. The molecular weight excluding hydrogens is 588 g/mol. The minimum atomic E-state index is -1.38. The maximum atomic E-state index is 14.0. The van der Waals surface area contributed by atoms with E-state index in [4.69, 9.17) is 29.5 Å². The van der Waals surface area contributed by atoms with Gasteiger partial charge in [-0.2, -0.15) is 0 Å². The van der Waals surface area contributed by atoms with Crippen LogP contribution in [0.15, 0.2) is 0 Å². The highest BCUT2D eigenvalue weighted by Crippen LogP contribution is 2.37. The van der Waals surface area contributed by atoms with E-state index in [1.165, 1.54) is 6.92 Å². The lowest BCUT2D eigenvalue weighted by Gasteiger charge is -2.41. The lowest BCUT2D eigenvalue weighted by Crippen LogP contribution is -2.57. The van der Waals surface area contributed by atoms with Crippen LogP contribution in [0.5, 0.6) is 0 Å². The first-order chi connectivity index (χ1) is 21.0. The Labute approximate surface area is 265 Å². The summed E-state index contributed by atoms with van der Waals surface area (Å²) in [7, 11) is 3.93. The first kappa shape index (κ1) is 36.8. The van der Waals surface area contributed by atoms with Crippen molar-refractivity contribution >= 4 is 29.6 Å². The van der Waals surface area contributed by atoms with Crippen LogP contribution < -0.4 is 16.6 Å². The molecule has 0 saturated carbocycles. The number of ketones is 2. The van der Waals surface area contributed by atoms with Gasteiger partial charge in [-0.25, -0.2) is 10.2 Å². The van der Waals surface area contributed by atoms with E-state index < -0.39 is 83.7 Å². The van der Waals surface area contributed by atoms with E-state index in [0.29, 0.717) is 6.42 Å². The third-order valence-corrected chi connectivity index (χ3v) is 9.60. The fraction of sp³-hybridized carbons (Fsp3) is 0.839. The summed E-state index contributed by atoms with van der Waals surface area (Å²) in [6, 6.07) is -0.703. The molecule has 3 rings (SSSR count). The van der Waals surface area contributed by atoms with E-state index in [9.17, 15) is 24.0 Å². The molecule has 3 fully saturated rings. The van der Waals surface area contributed by atoms with Crippen LogP contribution in [0.2, 0.25) is 0 Å². The predicted molar refractivity (Wildman–Crippen MR) is 161 cm³/mol. The van der Waals surface area contributed by atoms with E-state index in [2.05, 4.69) is 15.6 Å². The SMILES string of the molecule is CC[C@H]1OC(=O)[C@H](C)C(=O)[C@H](C)[C@@H](O[C@H]2C[C@@H](N(C)C)C[C@@H](C)O2)C(OC(=O)CNN)C[C@@H](C)C(=O)[C@H](C)[C@H]2NC(=O)O[C@@]21C. The second-order valence-electron chi connectivity index (χ2n) is 13.2. The Bertz CT molecular complexity index is 1100. The van der Waals surface area contributed by atoms with Crippen molar-refractivity contribution < 1.29 is 47.7 Å². The maximum Gasteiger partial charge on any atom is 0.408 e. The highest BCUT2D eigenvalue weighted by molar-refractivity contribution is 6.00. The van der Waals surface area contributed by atoms with Crippen LogP contribution in [0.3, 0.4) is 0 Å². The number of carbonyl (C=O) groups is 5. The Kier molecular flexibility index (Phi) is 12.5. The number of hydrogen-bond donors (Lipinski definition) is 3. The summed E-state index contributed by atoms with van der Waals surface area (Å²) in [5, 5.41) is 2.73. The van der Waals surface area contributed by atoms with E-state index in [-0.39, 0.29) is 37.3 Å². The van der Waals surface area contributed by atoms with E-state index in [1.807, 2.05) is 21.0 Å². The summed E-state index contributed by atoms with van der Waals surface area (Å²) in [6.45, 7) is 11.4. The fourth-order valence-corrected chi connectivity index (χ4v) is 6.88. The molecule has 14 nitrogen and oxygen atoms in total. The summed E-state index contributed by atoms with van der Waals surface area (Å²) in [5.74, 6) is -0.560. The topological polar surface area (TPSA) is 185 Å². The molecule has 1 amide bonds. The zero-order chi connectivity index (χ0) is 33.8. The van der Waals surface area contributed by atoms with Crippen LogP contribution in [0, 0.1) is 23.7 Å². The van der Waals surface area contributed by atoms with Crippen LogP contribution in [0.25, 0.3) is 0 Å². The largest absolute Gasteiger partial charge is 0.459 e. The number of fused-ring (bicyclic) bond motifs is 1. The number of hydrogen-bond acceptors (Lipinski definition) is 13. The molecule has 0 bridgehead atoms. The lowest BCUT2D eigenvalue weighted by atomic mass is 9.76. The minimum Gasteiger partial charge on any atom is -0.459 e. The third-order valence-electron chi connectivity index (χ3n) is 9.60. The van der Waals surface area contributed by atoms with E-state index in [0.717, 1.165) is 6.42 Å². The number of nitrogens with zero attached hydrogens (tertiary/aromatic N) is 1. The molecule has 0 radical (unpaired) electrons. The Hall–Kier alpha value is -2.65. The summed E-state index contributed by atoms with van der Waals surface area (Å²) in [6.07, 6.45) is -3.22. The van der Waals surface area contributed by atoms with Crippen molar-refractivity contribution in [1.82, 2.24) is 15.6 Å². The Morgan fingerprint density at radius 1 is 1.04 bits per heavy atom. The molecule has 0 aromatic heterocycles. The highest BCUT2D eigenvalue weighted by atomic mass is 16.7. The molecule has 0 aromatic carbocycles. The van der Waals surface area contributed by atoms with Crippen molar-refractivity contribution in [2.45, 2.75) is 123 Å². The Morgan fingerprint density at radius 3 is 2.31 bits per heavy atom. The number of hydrazine groups is 1. The third kappa shape index (κ3) is 8.39. The van der Waals surface area contributed by atoms with Crippen LogP contribution in [-0.4, -0.2) is 104 Å². The van der Waals surface area contributed by atoms with Gasteiger partial charge in [0.25, 0.3) is 0 Å². The summed E-state index contributed by atoms with van der Waals surface area (Å²) in [5.41, 5.74) is 0.892. The number of nitrogens with two attached hydrogens (primary N) is 1. The number of Topliss-reactive ketones (excluding diaryl/α,β-unsaturated/α-hetero) is 2. The lowest BCUT2D eigenvalue weighted by molar-refractivity contribution is -0.246. The zero-order valence-corrected chi connectivity index (χ0v) is 28.0. The number of nitrogens with one attached hydrogen (secondary N) is 2. The quantitative estimate of drug-likeness (QED) is 0.120. The van der Waals surface area contributed by atoms with Crippen LogP contribution in [0.1, 0.15) is 74.1 Å². The first-order valence-electron chi connectivity index (χ1n) is 15.9.